The van der Waals surface area contributed by atoms with E-state index in [0.29, 0.717) is 13.1 Å². The van der Waals surface area contributed by atoms with Crippen LogP contribution in [0, 0.1) is 0 Å². The van der Waals surface area contributed by atoms with Gasteiger partial charge in [-0.25, -0.2) is 0 Å². The predicted molar refractivity (Wildman–Crippen MR) is 86.4 cm³/mol. The summed E-state index contributed by atoms with van der Waals surface area (Å²) >= 11 is 0. The number of carbonyl (C=O) groups is 3. The van der Waals surface area contributed by atoms with Gasteiger partial charge in [0.2, 0.25) is 17.7 Å². The zero-order chi connectivity index (χ0) is 16.8. The molecule has 1 aliphatic heterocycles. The van der Waals surface area contributed by atoms with Crippen LogP contribution in [0.3, 0.4) is 0 Å². The van der Waals surface area contributed by atoms with E-state index in [9.17, 15) is 14.4 Å². The van der Waals surface area contributed by atoms with E-state index < -0.39 is 0 Å². The van der Waals surface area contributed by atoms with Crippen molar-refractivity contribution in [3.63, 3.8) is 0 Å². The van der Waals surface area contributed by atoms with Crippen molar-refractivity contribution in [3.8, 4) is 0 Å². The third kappa shape index (κ3) is 5.49. The summed E-state index contributed by atoms with van der Waals surface area (Å²) < 4.78 is 0. The summed E-state index contributed by atoms with van der Waals surface area (Å²) in [5, 5.41) is 2.89. The molecule has 1 heterocycles. The van der Waals surface area contributed by atoms with Crippen LogP contribution in [0.4, 0.5) is 0 Å². The molecule has 1 aliphatic carbocycles. The Labute approximate surface area is 137 Å². The van der Waals surface area contributed by atoms with Gasteiger partial charge in [0.05, 0.1) is 13.1 Å². The summed E-state index contributed by atoms with van der Waals surface area (Å²) in [7, 11) is 0. The standard InChI is InChI=1S/C16H28N4O3/c1-12(21)18-13-5-4-8-19(9-13)16(23)11-20(10-15(17)22)14-6-2-3-7-14/h13-14H,2-11H2,1H3,(H2,17,22)(H,18,21)/t13-/m1/s1. The van der Waals surface area contributed by atoms with Crippen LogP contribution < -0.4 is 11.1 Å². The quantitative estimate of drug-likeness (QED) is 0.710. The van der Waals surface area contributed by atoms with Crippen molar-refractivity contribution in [2.75, 3.05) is 26.2 Å². The molecule has 2 fully saturated rings. The highest BCUT2D eigenvalue weighted by Crippen LogP contribution is 2.23. The van der Waals surface area contributed by atoms with Crippen molar-refractivity contribution in [1.29, 1.82) is 0 Å². The number of nitrogens with two attached hydrogens (primary N) is 1. The second-order valence-corrected chi connectivity index (χ2v) is 6.69. The Kier molecular flexibility index (Phi) is 6.38. The maximum atomic E-state index is 12.6. The lowest BCUT2D eigenvalue weighted by Crippen LogP contribution is -2.53. The summed E-state index contributed by atoms with van der Waals surface area (Å²) in [6.07, 6.45) is 6.11. The van der Waals surface area contributed by atoms with E-state index in [0.717, 1.165) is 38.5 Å². The van der Waals surface area contributed by atoms with Gasteiger partial charge in [-0.1, -0.05) is 12.8 Å². The third-order valence-electron chi connectivity index (χ3n) is 4.72. The van der Waals surface area contributed by atoms with E-state index in [1.807, 2.05) is 4.90 Å². The first-order valence-corrected chi connectivity index (χ1v) is 8.53. The van der Waals surface area contributed by atoms with E-state index in [1.54, 1.807) is 4.90 Å². The van der Waals surface area contributed by atoms with Gasteiger partial charge in [-0.05, 0) is 25.7 Å². The van der Waals surface area contributed by atoms with E-state index in [2.05, 4.69) is 5.32 Å². The summed E-state index contributed by atoms with van der Waals surface area (Å²) in [4.78, 5) is 38.8. The van der Waals surface area contributed by atoms with Crippen LogP contribution in [0.5, 0.6) is 0 Å². The molecule has 130 valence electrons. The van der Waals surface area contributed by atoms with Crippen molar-refractivity contribution >= 4 is 17.7 Å². The second-order valence-electron chi connectivity index (χ2n) is 6.69. The van der Waals surface area contributed by atoms with Gasteiger partial charge in [-0.3, -0.25) is 19.3 Å². The third-order valence-corrected chi connectivity index (χ3v) is 4.72. The zero-order valence-electron chi connectivity index (χ0n) is 13.9. The highest BCUT2D eigenvalue weighted by molar-refractivity contribution is 5.81. The van der Waals surface area contributed by atoms with Gasteiger partial charge in [0, 0.05) is 32.1 Å². The maximum Gasteiger partial charge on any atom is 0.236 e. The molecule has 3 amide bonds. The van der Waals surface area contributed by atoms with E-state index >= 15 is 0 Å². The van der Waals surface area contributed by atoms with Gasteiger partial charge in [-0.15, -0.1) is 0 Å². The van der Waals surface area contributed by atoms with Gasteiger partial charge in [0.15, 0.2) is 0 Å². The summed E-state index contributed by atoms with van der Waals surface area (Å²) in [5.41, 5.74) is 5.34. The zero-order valence-corrected chi connectivity index (χ0v) is 13.9. The number of amides is 3. The fourth-order valence-electron chi connectivity index (χ4n) is 3.67. The van der Waals surface area contributed by atoms with Crippen molar-refractivity contribution in [1.82, 2.24) is 15.1 Å². The van der Waals surface area contributed by atoms with Crippen LogP contribution >= 0.6 is 0 Å². The molecule has 1 atom stereocenters. The average molecular weight is 324 g/mol. The van der Waals surface area contributed by atoms with Crippen LogP contribution in [0.2, 0.25) is 0 Å². The Hall–Kier alpha value is -1.63. The Morgan fingerprint density at radius 3 is 2.43 bits per heavy atom. The Morgan fingerprint density at radius 1 is 1.13 bits per heavy atom. The fraction of sp³-hybridized carbons (Fsp3) is 0.812. The first kappa shape index (κ1) is 17.7. The molecule has 2 rings (SSSR count). The normalized spacial score (nSPS) is 22.3. The predicted octanol–water partition coefficient (Wildman–Crippen LogP) is -0.157. The van der Waals surface area contributed by atoms with Crippen LogP contribution in [-0.4, -0.2) is 65.8 Å². The number of carbonyl (C=O) groups excluding carboxylic acids is 3. The monoisotopic (exact) mass is 324 g/mol. The lowest BCUT2D eigenvalue weighted by molar-refractivity contribution is -0.135. The minimum atomic E-state index is -0.389. The van der Waals surface area contributed by atoms with Crippen LogP contribution in [0.1, 0.15) is 45.4 Å². The lowest BCUT2D eigenvalue weighted by atomic mass is 10.1. The number of piperidine rings is 1. The minimum Gasteiger partial charge on any atom is -0.369 e. The van der Waals surface area contributed by atoms with Crippen molar-refractivity contribution in [2.45, 2.75) is 57.5 Å². The molecule has 0 aromatic carbocycles. The summed E-state index contributed by atoms with van der Waals surface area (Å²) in [5.74, 6) is -0.432. The molecular formula is C16H28N4O3. The number of primary amides is 1. The van der Waals surface area contributed by atoms with Gasteiger partial charge < -0.3 is 16.0 Å². The van der Waals surface area contributed by atoms with Gasteiger partial charge in [-0.2, -0.15) is 0 Å². The first-order valence-electron chi connectivity index (χ1n) is 8.53. The number of rotatable bonds is 6. The number of likely N-dealkylation sites (tertiary alicyclic amines) is 1. The molecule has 3 N–H and O–H groups in total. The molecule has 1 saturated heterocycles. The summed E-state index contributed by atoms with van der Waals surface area (Å²) in [6, 6.07) is 0.309. The second kappa shape index (κ2) is 8.29. The Balaban J connectivity index is 1.91. The minimum absolute atomic E-state index is 0.0215. The molecule has 7 heteroatoms. The molecule has 0 aromatic rings. The van der Waals surface area contributed by atoms with Gasteiger partial charge in [0.25, 0.3) is 0 Å². The molecule has 7 nitrogen and oxygen atoms in total. The van der Waals surface area contributed by atoms with Crippen LogP contribution in [0.15, 0.2) is 0 Å². The number of hydrogen-bond acceptors (Lipinski definition) is 4. The molecule has 1 saturated carbocycles. The molecule has 2 aliphatic rings. The highest BCUT2D eigenvalue weighted by Gasteiger charge is 2.29. The molecule has 23 heavy (non-hydrogen) atoms. The molecule has 0 bridgehead atoms. The molecule has 0 spiro atoms. The number of nitrogens with zero attached hydrogens (tertiary/aromatic N) is 2. The molecule has 0 aromatic heterocycles. The van der Waals surface area contributed by atoms with Gasteiger partial charge in [0.1, 0.15) is 0 Å². The van der Waals surface area contributed by atoms with Gasteiger partial charge >= 0.3 is 0 Å². The van der Waals surface area contributed by atoms with E-state index in [-0.39, 0.29) is 42.9 Å². The Bertz CT molecular complexity index is 449. The largest absolute Gasteiger partial charge is 0.369 e. The number of hydrogen-bond donors (Lipinski definition) is 2. The van der Waals surface area contributed by atoms with Crippen LogP contribution in [0.25, 0.3) is 0 Å². The van der Waals surface area contributed by atoms with Crippen LogP contribution in [-0.2, 0) is 14.4 Å². The van der Waals surface area contributed by atoms with Crippen molar-refractivity contribution < 1.29 is 14.4 Å². The molecule has 0 unspecified atom stereocenters. The number of nitrogens with one attached hydrogen (secondary N) is 1. The van der Waals surface area contributed by atoms with Crippen molar-refractivity contribution in [3.05, 3.63) is 0 Å². The van der Waals surface area contributed by atoms with E-state index in [4.69, 9.17) is 5.73 Å². The molecular weight excluding hydrogens is 296 g/mol. The van der Waals surface area contributed by atoms with E-state index in [1.165, 1.54) is 6.92 Å². The average Bonchev–Trinajstić information content (AvgIpc) is 2.99. The smallest absolute Gasteiger partial charge is 0.236 e. The molecule has 0 radical (unpaired) electrons. The lowest BCUT2D eigenvalue weighted by Gasteiger charge is -2.35. The first-order chi connectivity index (χ1) is 11.0. The fourth-order valence-corrected chi connectivity index (χ4v) is 3.67. The highest BCUT2D eigenvalue weighted by atomic mass is 16.2. The van der Waals surface area contributed by atoms with Crippen molar-refractivity contribution in [2.24, 2.45) is 5.73 Å². The maximum absolute atomic E-state index is 12.6. The Morgan fingerprint density at radius 2 is 1.83 bits per heavy atom. The topological polar surface area (TPSA) is 95.7 Å². The summed E-state index contributed by atoms with van der Waals surface area (Å²) in [6.45, 7) is 3.13. The SMILES string of the molecule is CC(=O)N[C@@H]1CCCN(C(=O)CN(CC(N)=O)C2CCCC2)C1.